The van der Waals surface area contributed by atoms with E-state index in [0.29, 0.717) is 11.5 Å². The Balaban J connectivity index is 2.32. The maximum absolute atomic E-state index is 13.8. The normalized spacial score (nSPS) is 14.1. The van der Waals surface area contributed by atoms with E-state index in [0.717, 1.165) is 6.42 Å². The number of rotatable bonds is 4. The molecular weight excluding hydrogens is 275 g/mol. The molecule has 0 saturated carbocycles. The molecule has 2 rings (SSSR count). The lowest BCUT2D eigenvalue weighted by Gasteiger charge is -2.15. The third kappa shape index (κ3) is 3.02. The molecule has 2 aromatic carbocycles. The molecule has 2 atom stereocenters. The van der Waals surface area contributed by atoms with Gasteiger partial charge < -0.3 is 5.11 Å². The van der Waals surface area contributed by atoms with Gasteiger partial charge in [-0.25, -0.2) is 4.39 Å². The molecule has 0 aliphatic heterocycles. The molecule has 0 bridgehead atoms. The minimum absolute atomic E-state index is 0.130. The molecule has 0 aliphatic rings. The van der Waals surface area contributed by atoms with Crippen LogP contribution in [0.4, 0.5) is 4.39 Å². The fourth-order valence-electron chi connectivity index (χ4n) is 2.18. The molecule has 0 aliphatic carbocycles. The largest absolute Gasteiger partial charge is 0.383 e. The van der Waals surface area contributed by atoms with Gasteiger partial charge in [0.25, 0.3) is 0 Å². The Morgan fingerprint density at radius 1 is 1.10 bits per heavy atom. The topological polar surface area (TPSA) is 20.2 Å². The minimum atomic E-state index is -1.05. The van der Waals surface area contributed by atoms with Gasteiger partial charge in [-0.2, -0.15) is 0 Å². The van der Waals surface area contributed by atoms with Crippen LogP contribution < -0.4 is 0 Å². The molecule has 0 amide bonds. The lowest BCUT2D eigenvalue weighted by Crippen LogP contribution is -2.04. The maximum Gasteiger partial charge on any atom is 0.130 e. The van der Waals surface area contributed by atoms with Gasteiger partial charge in [0.1, 0.15) is 11.9 Å². The van der Waals surface area contributed by atoms with Crippen molar-refractivity contribution in [1.29, 1.82) is 0 Å². The van der Waals surface area contributed by atoms with Crippen LogP contribution in [0.25, 0.3) is 0 Å². The van der Waals surface area contributed by atoms with Crippen LogP contribution in [-0.4, -0.2) is 5.11 Å². The summed E-state index contributed by atoms with van der Waals surface area (Å²) in [7, 11) is 0. The number of halogens is 2. The number of hydrogen-bond acceptors (Lipinski definition) is 1. The smallest absolute Gasteiger partial charge is 0.130 e. The van der Waals surface area contributed by atoms with E-state index in [9.17, 15) is 9.50 Å². The molecule has 0 saturated heterocycles. The van der Waals surface area contributed by atoms with Crippen molar-refractivity contribution < 1.29 is 9.50 Å². The second-order valence-electron chi connectivity index (χ2n) is 5.01. The van der Waals surface area contributed by atoms with Crippen LogP contribution in [-0.2, 0) is 0 Å². The SMILES string of the molecule is CCC(C)c1ccc(C(O)c2c(F)cccc2Cl)cc1. The Labute approximate surface area is 124 Å². The maximum atomic E-state index is 13.8. The summed E-state index contributed by atoms with van der Waals surface area (Å²) >= 11 is 5.98. The Morgan fingerprint density at radius 3 is 2.25 bits per heavy atom. The molecule has 20 heavy (non-hydrogen) atoms. The van der Waals surface area contributed by atoms with Crippen molar-refractivity contribution in [2.75, 3.05) is 0 Å². The third-order valence-electron chi connectivity index (χ3n) is 3.71. The molecule has 2 aromatic rings. The van der Waals surface area contributed by atoms with E-state index in [4.69, 9.17) is 11.6 Å². The molecule has 0 heterocycles. The highest BCUT2D eigenvalue weighted by atomic mass is 35.5. The number of hydrogen-bond donors (Lipinski definition) is 1. The summed E-state index contributed by atoms with van der Waals surface area (Å²) in [6.45, 7) is 4.28. The van der Waals surface area contributed by atoms with Crippen molar-refractivity contribution in [2.24, 2.45) is 0 Å². The molecule has 3 heteroatoms. The first kappa shape index (κ1) is 15.0. The van der Waals surface area contributed by atoms with Crippen molar-refractivity contribution in [3.8, 4) is 0 Å². The fraction of sp³-hybridized carbons (Fsp3) is 0.294. The first-order chi connectivity index (χ1) is 9.54. The lowest BCUT2D eigenvalue weighted by atomic mass is 9.95. The van der Waals surface area contributed by atoms with Crippen molar-refractivity contribution in [2.45, 2.75) is 32.3 Å². The predicted molar refractivity (Wildman–Crippen MR) is 80.6 cm³/mol. The number of aliphatic hydroxyl groups excluding tert-OH is 1. The van der Waals surface area contributed by atoms with E-state index in [1.807, 2.05) is 24.3 Å². The van der Waals surface area contributed by atoms with E-state index in [-0.39, 0.29) is 10.6 Å². The lowest BCUT2D eigenvalue weighted by molar-refractivity contribution is 0.215. The van der Waals surface area contributed by atoms with Gasteiger partial charge in [0.15, 0.2) is 0 Å². The van der Waals surface area contributed by atoms with E-state index in [2.05, 4.69) is 13.8 Å². The van der Waals surface area contributed by atoms with E-state index in [1.54, 1.807) is 6.07 Å². The molecule has 0 aromatic heterocycles. The summed E-state index contributed by atoms with van der Waals surface area (Å²) in [4.78, 5) is 0. The molecule has 1 N–H and O–H groups in total. The number of benzene rings is 2. The van der Waals surface area contributed by atoms with Crippen LogP contribution in [0.2, 0.25) is 5.02 Å². The summed E-state index contributed by atoms with van der Waals surface area (Å²) in [5, 5.41) is 10.6. The highest BCUT2D eigenvalue weighted by molar-refractivity contribution is 6.31. The zero-order chi connectivity index (χ0) is 14.7. The Hall–Kier alpha value is -1.38. The van der Waals surface area contributed by atoms with Gasteiger partial charge in [-0.3, -0.25) is 0 Å². The van der Waals surface area contributed by atoms with Crippen LogP contribution in [0.5, 0.6) is 0 Å². The summed E-state index contributed by atoms with van der Waals surface area (Å²) < 4.78 is 13.8. The Bertz CT molecular complexity index is 560. The van der Waals surface area contributed by atoms with Crippen LogP contribution in [0.15, 0.2) is 42.5 Å². The zero-order valence-corrected chi connectivity index (χ0v) is 12.4. The third-order valence-corrected chi connectivity index (χ3v) is 4.04. The highest BCUT2D eigenvalue weighted by Gasteiger charge is 2.18. The van der Waals surface area contributed by atoms with E-state index < -0.39 is 11.9 Å². The van der Waals surface area contributed by atoms with Crippen molar-refractivity contribution in [3.05, 3.63) is 70.0 Å². The van der Waals surface area contributed by atoms with Crippen molar-refractivity contribution in [3.63, 3.8) is 0 Å². The minimum Gasteiger partial charge on any atom is -0.383 e. The van der Waals surface area contributed by atoms with Crippen LogP contribution in [0, 0.1) is 5.82 Å². The summed E-state index contributed by atoms with van der Waals surface area (Å²) in [5.41, 5.74) is 1.98. The molecule has 106 valence electrons. The van der Waals surface area contributed by atoms with Crippen LogP contribution in [0.3, 0.4) is 0 Å². The second kappa shape index (κ2) is 6.38. The Morgan fingerprint density at radius 2 is 1.70 bits per heavy atom. The van der Waals surface area contributed by atoms with Crippen molar-refractivity contribution in [1.82, 2.24) is 0 Å². The van der Waals surface area contributed by atoms with E-state index in [1.165, 1.54) is 17.7 Å². The van der Waals surface area contributed by atoms with Gasteiger partial charge in [0.2, 0.25) is 0 Å². The first-order valence-electron chi connectivity index (χ1n) is 6.76. The molecule has 0 fully saturated rings. The molecule has 0 spiro atoms. The average molecular weight is 293 g/mol. The molecule has 1 nitrogen and oxygen atoms in total. The zero-order valence-electron chi connectivity index (χ0n) is 11.6. The fourth-order valence-corrected chi connectivity index (χ4v) is 2.45. The quantitative estimate of drug-likeness (QED) is 0.833. The van der Waals surface area contributed by atoms with Crippen LogP contribution >= 0.6 is 11.6 Å². The summed E-state index contributed by atoms with van der Waals surface area (Å²) in [6.07, 6.45) is 0.01000. The summed E-state index contributed by atoms with van der Waals surface area (Å²) in [5.74, 6) is -0.0192. The second-order valence-corrected chi connectivity index (χ2v) is 5.42. The van der Waals surface area contributed by atoms with Gasteiger partial charge in [0.05, 0.1) is 0 Å². The van der Waals surface area contributed by atoms with Gasteiger partial charge in [-0.05, 0) is 35.6 Å². The monoisotopic (exact) mass is 292 g/mol. The Kier molecular flexibility index (Phi) is 4.79. The van der Waals surface area contributed by atoms with Gasteiger partial charge in [-0.1, -0.05) is 55.8 Å². The molecule has 2 unspecified atom stereocenters. The standard InChI is InChI=1S/C17H18ClFO/c1-3-11(2)12-7-9-13(10-8-12)17(20)16-14(18)5-4-6-15(16)19/h4-11,17,20H,3H2,1-2H3. The number of aliphatic hydroxyl groups is 1. The van der Waals surface area contributed by atoms with Crippen molar-refractivity contribution >= 4 is 11.6 Å². The molecule has 0 radical (unpaired) electrons. The van der Waals surface area contributed by atoms with Gasteiger partial charge in [0, 0.05) is 10.6 Å². The average Bonchev–Trinajstić information content (AvgIpc) is 2.46. The first-order valence-corrected chi connectivity index (χ1v) is 7.14. The summed E-state index contributed by atoms with van der Waals surface area (Å²) in [6, 6.07) is 12.0. The highest BCUT2D eigenvalue weighted by Crippen LogP contribution is 2.31. The molecular formula is C17H18ClFO. The van der Waals surface area contributed by atoms with Gasteiger partial charge >= 0.3 is 0 Å². The predicted octanol–water partition coefficient (Wildman–Crippen LogP) is 5.07. The van der Waals surface area contributed by atoms with Crippen LogP contribution in [0.1, 0.15) is 49.0 Å². The van der Waals surface area contributed by atoms with Gasteiger partial charge in [-0.15, -0.1) is 0 Å². The van der Waals surface area contributed by atoms with E-state index >= 15 is 0 Å².